The van der Waals surface area contributed by atoms with Crippen LogP contribution in [0, 0.1) is 5.82 Å². The van der Waals surface area contributed by atoms with Gasteiger partial charge in [-0.15, -0.1) is 5.10 Å². The molecule has 0 radical (unpaired) electrons. The first-order valence-electron chi connectivity index (χ1n) is 14.8. The third kappa shape index (κ3) is 5.39. The zero-order valence-electron chi connectivity index (χ0n) is 24.9. The van der Waals surface area contributed by atoms with Crippen molar-refractivity contribution in [1.82, 2.24) is 30.2 Å². The Balaban J connectivity index is 1.03. The highest BCUT2D eigenvalue weighted by atomic mass is 19.4. The van der Waals surface area contributed by atoms with Gasteiger partial charge >= 0.3 is 12.1 Å². The fraction of sp³-hybridized carbons (Fsp3) is 0.281. The standard InChI is InChI=1S/C32H26F6N8O2/c33-21-4-8-25-24(15-21)29-41-42-43-46(29)18-30(25,48)31(34,35)27-10-3-20(16-40-27)19-1-5-22(6-2-19)44-11-13-45(14-12-44)23-7-9-26(39-17-23)28(47)32(36,37)38/h1-10,15-17,28,47-48H,11-14,18H2/t28?,30-/m0/s1. The van der Waals surface area contributed by atoms with Crippen LogP contribution in [-0.4, -0.2) is 72.7 Å². The van der Waals surface area contributed by atoms with Gasteiger partial charge in [0.15, 0.2) is 17.5 Å². The second-order valence-corrected chi connectivity index (χ2v) is 11.6. The van der Waals surface area contributed by atoms with Gasteiger partial charge in [0.25, 0.3) is 0 Å². The van der Waals surface area contributed by atoms with Crippen LogP contribution in [0.1, 0.15) is 23.1 Å². The summed E-state index contributed by atoms with van der Waals surface area (Å²) in [6, 6.07) is 15.9. The summed E-state index contributed by atoms with van der Waals surface area (Å²) in [6.45, 7) is 1.76. The van der Waals surface area contributed by atoms with Crippen LogP contribution >= 0.6 is 0 Å². The summed E-state index contributed by atoms with van der Waals surface area (Å²) in [6.07, 6.45) is -4.80. The maximum Gasteiger partial charge on any atom is 0.420 e. The Labute approximate surface area is 268 Å². The number of pyridine rings is 2. The van der Waals surface area contributed by atoms with Crippen molar-refractivity contribution in [3.8, 4) is 22.5 Å². The largest absolute Gasteiger partial charge is 0.420 e. The number of hydrogen-bond acceptors (Lipinski definition) is 9. The zero-order valence-corrected chi connectivity index (χ0v) is 24.9. The fourth-order valence-electron chi connectivity index (χ4n) is 6.10. The van der Waals surface area contributed by atoms with Gasteiger partial charge in [0.1, 0.15) is 11.5 Å². The van der Waals surface area contributed by atoms with Gasteiger partial charge in [-0.05, 0) is 58.5 Å². The van der Waals surface area contributed by atoms with E-state index in [1.54, 1.807) is 0 Å². The minimum absolute atomic E-state index is 0.0391. The van der Waals surface area contributed by atoms with Gasteiger partial charge in [-0.3, -0.25) is 9.97 Å². The molecular formula is C32H26F6N8O2. The lowest BCUT2D eigenvalue weighted by Gasteiger charge is -2.39. The molecule has 1 saturated heterocycles. The lowest BCUT2D eigenvalue weighted by atomic mass is 9.80. The maximum absolute atomic E-state index is 16.1. The van der Waals surface area contributed by atoms with Crippen molar-refractivity contribution in [3.05, 3.63) is 102 Å². The van der Waals surface area contributed by atoms with Gasteiger partial charge in [-0.25, -0.2) is 9.07 Å². The first-order valence-corrected chi connectivity index (χ1v) is 14.8. The Morgan fingerprint density at radius 2 is 1.44 bits per heavy atom. The second kappa shape index (κ2) is 11.6. The van der Waals surface area contributed by atoms with Gasteiger partial charge in [-0.1, -0.05) is 24.3 Å². The van der Waals surface area contributed by atoms with E-state index in [1.807, 2.05) is 29.2 Å². The van der Waals surface area contributed by atoms with Crippen LogP contribution in [0.5, 0.6) is 0 Å². The first kappa shape index (κ1) is 31.5. The number of anilines is 2. The molecule has 248 valence electrons. The number of piperazine rings is 1. The Kier molecular flexibility index (Phi) is 7.58. The Hall–Kier alpha value is -5.09. The van der Waals surface area contributed by atoms with Crippen molar-refractivity contribution in [2.45, 2.75) is 30.3 Å². The van der Waals surface area contributed by atoms with E-state index in [9.17, 15) is 27.8 Å². The van der Waals surface area contributed by atoms with Crippen molar-refractivity contribution < 1.29 is 36.6 Å². The summed E-state index contributed by atoms with van der Waals surface area (Å²) in [5, 5.41) is 31.8. The van der Waals surface area contributed by atoms with E-state index >= 15 is 8.78 Å². The average Bonchev–Trinajstić information content (AvgIpc) is 3.56. The minimum Gasteiger partial charge on any atom is -0.378 e. The number of alkyl halides is 5. The highest BCUT2D eigenvalue weighted by Crippen LogP contribution is 2.50. The average molecular weight is 669 g/mol. The first-order chi connectivity index (χ1) is 22.8. The van der Waals surface area contributed by atoms with E-state index in [4.69, 9.17) is 0 Å². The molecule has 0 amide bonds. The summed E-state index contributed by atoms with van der Waals surface area (Å²) >= 11 is 0. The molecule has 5 heterocycles. The van der Waals surface area contributed by atoms with Gasteiger partial charge in [0.05, 0.1) is 24.1 Å². The molecule has 0 saturated carbocycles. The smallest absolute Gasteiger partial charge is 0.378 e. The molecule has 2 aromatic carbocycles. The number of nitrogens with zero attached hydrogens (tertiary/aromatic N) is 8. The van der Waals surface area contributed by atoms with Crippen LogP contribution in [0.2, 0.25) is 0 Å². The minimum atomic E-state index is -4.79. The molecule has 2 aliphatic rings. The summed E-state index contributed by atoms with van der Waals surface area (Å²) in [4.78, 5) is 12.0. The van der Waals surface area contributed by atoms with Crippen LogP contribution < -0.4 is 9.80 Å². The molecule has 10 nitrogen and oxygen atoms in total. The molecule has 0 bridgehead atoms. The number of benzene rings is 2. The number of hydrogen-bond donors (Lipinski definition) is 2. The molecule has 2 N–H and O–H groups in total. The SMILES string of the molecule is OC(c1ccc(N2CCN(c3ccc(-c4ccc(C(F)(F)[C@]5(O)Cn6nnnc6-c6cc(F)ccc65)nc4)cc3)CC2)cn1)C(F)(F)F. The lowest BCUT2D eigenvalue weighted by molar-refractivity contribution is -0.207. The molecule has 1 unspecified atom stereocenters. The molecule has 48 heavy (non-hydrogen) atoms. The van der Waals surface area contributed by atoms with E-state index in [0.717, 1.165) is 40.2 Å². The molecule has 0 spiro atoms. The quantitative estimate of drug-likeness (QED) is 0.245. The Morgan fingerprint density at radius 3 is 2.06 bits per heavy atom. The zero-order chi connectivity index (χ0) is 33.8. The van der Waals surface area contributed by atoms with E-state index in [1.165, 1.54) is 30.6 Å². The number of aliphatic hydroxyl groups excluding tert-OH is 1. The number of aliphatic hydroxyl groups is 2. The van der Waals surface area contributed by atoms with Crippen LogP contribution in [0.3, 0.4) is 0 Å². The molecule has 16 heteroatoms. The highest BCUT2D eigenvalue weighted by Gasteiger charge is 2.59. The molecular weight excluding hydrogens is 642 g/mol. The van der Waals surface area contributed by atoms with E-state index in [-0.39, 0.29) is 17.0 Å². The molecule has 3 aromatic heterocycles. The lowest BCUT2D eigenvalue weighted by Crippen LogP contribution is -2.49. The van der Waals surface area contributed by atoms with Crippen molar-refractivity contribution >= 4 is 11.4 Å². The predicted molar refractivity (Wildman–Crippen MR) is 160 cm³/mol. The molecule has 2 aliphatic heterocycles. The summed E-state index contributed by atoms with van der Waals surface area (Å²) < 4.78 is 85.5. The van der Waals surface area contributed by atoms with Crippen molar-refractivity contribution in [1.29, 1.82) is 0 Å². The van der Waals surface area contributed by atoms with Crippen LogP contribution in [-0.2, 0) is 18.1 Å². The molecule has 7 rings (SSSR count). The molecule has 5 aromatic rings. The van der Waals surface area contributed by atoms with Gasteiger partial charge in [0.2, 0.25) is 0 Å². The molecule has 2 atom stereocenters. The van der Waals surface area contributed by atoms with Crippen LogP contribution in [0.4, 0.5) is 37.7 Å². The normalized spacial score (nSPS) is 18.8. The van der Waals surface area contributed by atoms with E-state index < -0.39 is 47.6 Å². The monoisotopic (exact) mass is 668 g/mol. The third-order valence-corrected chi connectivity index (χ3v) is 8.75. The van der Waals surface area contributed by atoms with E-state index in [2.05, 4.69) is 30.4 Å². The topological polar surface area (TPSA) is 116 Å². The van der Waals surface area contributed by atoms with Gasteiger partial charge in [-0.2, -0.15) is 22.0 Å². The van der Waals surface area contributed by atoms with Gasteiger partial charge in [0, 0.05) is 54.8 Å². The van der Waals surface area contributed by atoms with Crippen LogP contribution in [0.25, 0.3) is 22.5 Å². The van der Waals surface area contributed by atoms with Crippen molar-refractivity contribution in [3.63, 3.8) is 0 Å². The van der Waals surface area contributed by atoms with Crippen molar-refractivity contribution in [2.24, 2.45) is 0 Å². The maximum atomic E-state index is 16.1. The summed E-state index contributed by atoms with van der Waals surface area (Å²) in [5.74, 6) is -4.53. The number of rotatable bonds is 6. The second-order valence-electron chi connectivity index (χ2n) is 11.6. The molecule has 1 fully saturated rings. The number of tetrazole rings is 1. The number of fused-ring (bicyclic) bond motifs is 3. The third-order valence-electron chi connectivity index (χ3n) is 8.75. The van der Waals surface area contributed by atoms with E-state index in [0.29, 0.717) is 37.4 Å². The molecule has 0 aliphatic carbocycles. The predicted octanol–water partition coefficient (Wildman–Crippen LogP) is 4.85. The number of aromatic nitrogens is 6. The number of halogens is 6. The van der Waals surface area contributed by atoms with Crippen LogP contribution in [0.15, 0.2) is 79.1 Å². The highest BCUT2D eigenvalue weighted by molar-refractivity contribution is 5.67. The Bertz CT molecular complexity index is 1930. The Morgan fingerprint density at radius 1 is 0.771 bits per heavy atom. The van der Waals surface area contributed by atoms with Crippen molar-refractivity contribution in [2.75, 3.05) is 36.0 Å². The summed E-state index contributed by atoms with van der Waals surface area (Å²) in [5.41, 5.74) is -1.34. The fourth-order valence-corrected chi connectivity index (χ4v) is 6.10. The summed E-state index contributed by atoms with van der Waals surface area (Å²) in [7, 11) is 0. The van der Waals surface area contributed by atoms with Gasteiger partial charge < -0.3 is 20.0 Å².